The van der Waals surface area contributed by atoms with E-state index >= 15 is 0 Å². The molecule has 3 N–H and O–H groups in total. The molecular formula is C14H17N5O2. The van der Waals surface area contributed by atoms with Gasteiger partial charge in [-0.2, -0.15) is 15.0 Å². The Morgan fingerprint density at radius 1 is 1.29 bits per heavy atom. The van der Waals surface area contributed by atoms with Gasteiger partial charge in [0.15, 0.2) is 12.4 Å². The van der Waals surface area contributed by atoms with Crippen molar-refractivity contribution >= 4 is 23.6 Å². The third-order valence-corrected chi connectivity index (χ3v) is 2.75. The van der Waals surface area contributed by atoms with Gasteiger partial charge in [-0.15, -0.1) is 0 Å². The number of hydrogen-bond acceptors (Lipinski definition) is 7. The third-order valence-electron chi connectivity index (χ3n) is 2.75. The molecule has 0 bridgehead atoms. The Kier molecular flexibility index (Phi) is 4.65. The third kappa shape index (κ3) is 4.13. The standard InChI is InChI=1S/C14H17N5O2/c1-3-10-6-4-5-7-11(10)16-14-18-12(8-21-9(2)20)17-13(15)19-14/h4-7H,3,8H2,1-2H3,(H3,15,16,17,18,19). The molecule has 2 rings (SSSR count). The predicted octanol–water partition coefficient (Wildman–Crippen LogP) is 1.82. The van der Waals surface area contributed by atoms with E-state index < -0.39 is 5.97 Å². The highest BCUT2D eigenvalue weighted by Gasteiger charge is 2.08. The van der Waals surface area contributed by atoms with Crippen LogP contribution in [0.5, 0.6) is 0 Å². The zero-order chi connectivity index (χ0) is 15.2. The van der Waals surface area contributed by atoms with Crippen molar-refractivity contribution in [3.8, 4) is 0 Å². The van der Waals surface area contributed by atoms with Crippen molar-refractivity contribution in [3.05, 3.63) is 35.7 Å². The van der Waals surface area contributed by atoms with Crippen molar-refractivity contribution < 1.29 is 9.53 Å². The molecule has 0 atom stereocenters. The molecule has 1 heterocycles. The van der Waals surface area contributed by atoms with Crippen LogP contribution in [0.4, 0.5) is 17.6 Å². The summed E-state index contributed by atoms with van der Waals surface area (Å²) in [5, 5.41) is 3.11. The maximum atomic E-state index is 10.8. The van der Waals surface area contributed by atoms with Crippen LogP contribution in [0, 0.1) is 0 Å². The number of carbonyl (C=O) groups is 1. The van der Waals surface area contributed by atoms with Crippen LogP contribution in [0.3, 0.4) is 0 Å². The number of ether oxygens (including phenoxy) is 1. The minimum absolute atomic E-state index is 0.0356. The van der Waals surface area contributed by atoms with E-state index in [2.05, 4.69) is 27.2 Å². The molecule has 0 saturated heterocycles. The van der Waals surface area contributed by atoms with Crippen LogP contribution >= 0.6 is 0 Å². The van der Waals surface area contributed by atoms with Gasteiger partial charge in [0, 0.05) is 12.6 Å². The zero-order valence-electron chi connectivity index (χ0n) is 12.0. The van der Waals surface area contributed by atoms with Gasteiger partial charge in [-0.05, 0) is 18.1 Å². The number of para-hydroxylation sites is 1. The Balaban J connectivity index is 2.21. The van der Waals surface area contributed by atoms with E-state index in [1.807, 2.05) is 24.3 Å². The van der Waals surface area contributed by atoms with Crippen LogP contribution in [0.2, 0.25) is 0 Å². The number of benzene rings is 1. The van der Waals surface area contributed by atoms with Gasteiger partial charge in [-0.25, -0.2) is 0 Å². The fraction of sp³-hybridized carbons (Fsp3) is 0.286. The Hall–Kier alpha value is -2.70. The molecule has 0 radical (unpaired) electrons. The normalized spacial score (nSPS) is 10.2. The van der Waals surface area contributed by atoms with Gasteiger partial charge in [0.1, 0.15) is 0 Å². The molecule has 0 unspecified atom stereocenters. The monoisotopic (exact) mass is 287 g/mol. The largest absolute Gasteiger partial charge is 0.458 e. The van der Waals surface area contributed by atoms with Crippen LogP contribution in [0.15, 0.2) is 24.3 Å². The van der Waals surface area contributed by atoms with Gasteiger partial charge >= 0.3 is 5.97 Å². The lowest BCUT2D eigenvalue weighted by Gasteiger charge is -2.10. The molecule has 0 amide bonds. The minimum Gasteiger partial charge on any atom is -0.458 e. The molecule has 21 heavy (non-hydrogen) atoms. The van der Waals surface area contributed by atoms with E-state index in [1.54, 1.807) is 0 Å². The highest BCUT2D eigenvalue weighted by molar-refractivity contribution is 5.65. The second kappa shape index (κ2) is 6.65. The summed E-state index contributed by atoms with van der Waals surface area (Å²) in [5.41, 5.74) is 7.69. The topological polar surface area (TPSA) is 103 Å². The molecule has 0 fully saturated rings. The maximum Gasteiger partial charge on any atom is 0.303 e. The number of anilines is 3. The number of hydrogen-bond donors (Lipinski definition) is 2. The lowest BCUT2D eigenvalue weighted by Crippen LogP contribution is -2.10. The second-order valence-electron chi connectivity index (χ2n) is 4.35. The summed E-state index contributed by atoms with van der Waals surface area (Å²) in [5.74, 6) is 0.295. The van der Waals surface area contributed by atoms with Crippen molar-refractivity contribution in [1.82, 2.24) is 15.0 Å². The number of aromatic nitrogens is 3. The van der Waals surface area contributed by atoms with Crippen molar-refractivity contribution in [2.45, 2.75) is 26.9 Å². The molecule has 0 aliphatic rings. The summed E-state index contributed by atoms with van der Waals surface area (Å²) in [6.07, 6.45) is 0.879. The van der Waals surface area contributed by atoms with Crippen molar-refractivity contribution in [1.29, 1.82) is 0 Å². The van der Waals surface area contributed by atoms with E-state index in [-0.39, 0.29) is 12.6 Å². The highest BCUT2D eigenvalue weighted by Crippen LogP contribution is 2.19. The van der Waals surface area contributed by atoms with E-state index in [1.165, 1.54) is 6.92 Å². The van der Waals surface area contributed by atoms with Crippen LogP contribution in [-0.4, -0.2) is 20.9 Å². The molecule has 1 aromatic heterocycles. The molecule has 7 nitrogen and oxygen atoms in total. The van der Waals surface area contributed by atoms with Crippen molar-refractivity contribution in [2.24, 2.45) is 0 Å². The Labute approximate surface area is 122 Å². The average Bonchev–Trinajstić information content (AvgIpc) is 2.45. The molecule has 0 aliphatic heterocycles. The molecule has 1 aromatic carbocycles. The van der Waals surface area contributed by atoms with Gasteiger partial charge in [0.2, 0.25) is 11.9 Å². The van der Waals surface area contributed by atoms with Gasteiger partial charge in [0.05, 0.1) is 0 Å². The number of nitrogens with two attached hydrogens (primary N) is 1. The van der Waals surface area contributed by atoms with E-state index in [4.69, 9.17) is 10.5 Å². The van der Waals surface area contributed by atoms with Crippen LogP contribution in [0.1, 0.15) is 25.2 Å². The molecule has 7 heteroatoms. The van der Waals surface area contributed by atoms with Crippen LogP contribution in [0.25, 0.3) is 0 Å². The first-order valence-corrected chi connectivity index (χ1v) is 6.57. The molecule has 0 saturated carbocycles. The average molecular weight is 287 g/mol. The first-order chi connectivity index (χ1) is 10.1. The predicted molar refractivity (Wildman–Crippen MR) is 78.8 cm³/mol. The Bertz CT molecular complexity index is 645. The summed E-state index contributed by atoms with van der Waals surface area (Å²) in [6, 6.07) is 7.85. The quantitative estimate of drug-likeness (QED) is 0.808. The van der Waals surface area contributed by atoms with E-state index in [9.17, 15) is 4.79 Å². The summed E-state index contributed by atoms with van der Waals surface area (Å²) in [4.78, 5) is 23.0. The molecular weight excluding hydrogens is 270 g/mol. The minimum atomic E-state index is -0.403. The molecule has 0 aliphatic carbocycles. The number of nitrogens with zero attached hydrogens (tertiary/aromatic N) is 3. The summed E-state index contributed by atoms with van der Waals surface area (Å²) in [7, 11) is 0. The number of rotatable bonds is 5. The van der Waals surface area contributed by atoms with E-state index in [0.717, 1.165) is 17.7 Å². The first kappa shape index (κ1) is 14.7. The lowest BCUT2D eigenvalue weighted by molar-refractivity contribution is -0.142. The second-order valence-corrected chi connectivity index (χ2v) is 4.35. The van der Waals surface area contributed by atoms with Crippen molar-refractivity contribution in [2.75, 3.05) is 11.1 Å². The maximum absolute atomic E-state index is 10.8. The number of aryl methyl sites for hydroxylation is 1. The number of nitrogens with one attached hydrogen (secondary N) is 1. The lowest BCUT2D eigenvalue weighted by atomic mass is 10.1. The number of nitrogen functional groups attached to an aromatic ring is 1. The molecule has 2 aromatic rings. The Morgan fingerprint density at radius 3 is 2.76 bits per heavy atom. The van der Waals surface area contributed by atoms with Gasteiger partial charge in [0.25, 0.3) is 0 Å². The highest BCUT2D eigenvalue weighted by atomic mass is 16.5. The Morgan fingerprint density at radius 2 is 2.05 bits per heavy atom. The fourth-order valence-corrected chi connectivity index (χ4v) is 1.80. The fourth-order valence-electron chi connectivity index (χ4n) is 1.80. The molecule has 110 valence electrons. The van der Waals surface area contributed by atoms with Crippen LogP contribution in [-0.2, 0) is 22.6 Å². The smallest absolute Gasteiger partial charge is 0.303 e. The summed E-state index contributed by atoms with van der Waals surface area (Å²) >= 11 is 0. The molecule has 0 spiro atoms. The van der Waals surface area contributed by atoms with E-state index in [0.29, 0.717) is 11.8 Å². The summed E-state index contributed by atoms with van der Waals surface area (Å²) < 4.78 is 4.86. The van der Waals surface area contributed by atoms with Gasteiger partial charge in [-0.3, -0.25) is 4.79 Å². The first-order valence-electron chi connectivity index (χ1n) is 6.57. The van der Waals surface area contributed by atoms with Crippen LogP contribution < -0.4 is 11.1 Å². The zero-order valence-corrected chi connectivity index (χ0v) is 12.0. The SMILES string of the molecule is CCc1ccccc1Nc1nc(N)nc(COC(C)=O)n1. The summed E-state index contributed by atoms with van der Waals surface area (Å²) in [6.45, 7) is 3.35. The van der Waals surface area contributed by atoms with Gasteiger partial charge < -0.3 is 15.8 Å². The number of esters is 1. The number of carbonyl (C=O) groups excluding carboxylic acids is 1. The van der Waals surface area contributed by atoms with Crippen molar-refractivity contribution in [3.63, 3.8) is 0 Å². The van der Waals surface area contributed by atoms with Gasteiger partial charge in [-0.1, -0.05) is 25.1 Å².